The largest absolute Gasteiger partial charge is 0.484 e. The Morgan fingerprint density at radius 1 is 1.13 bits per heavy atom. The van der Waals surface area contributed by atoms with Gasteiger partial charge in [0.25, 0.3) is 11.5 Å². The minimum absolute atomic E-state index is 0.0632. The highest BCUT2D eigenvalue weighted by atomic mass is 19.1. The highest BCUT2D eigenvalue weighted by molar-refractivity contribution is 5.92. The highest BCUT2D eigenvalue weighted by Gasteiger charge is 2.14. The summed E-state index contributed by atoms with van der Waals surface area (Å²) in [7, 11) is 0. The number of carbonyl (C=O) groups excluding carboxylic acids is 1. The van der Waals surface area contributed by atoms with Crippen LogP contribution in [0.1, 0.15) is 5.82 Å². The van der Waals surface area contributed by atoms with E-state index in [1.807, 2.05) is 6.07 Å². The Kier molecular flexibility index (Phi) is 5.21. The number of para-hydroxylation sites is 1. The van der Waals surface area contributed by atoms with Gasteiger partial charge in [-0.1, -0.05) is 18.2 Å². The number of nitrogens with zero attached hydrogens (tertiary/aromatic N) is 3. The van der Waals surface area contributed by atoms with Crippen LogP contribution in [0.2, 0.25) is 0 Å². The van der Waals surface area contributed by atoms with Gasteiger partial charge in [0, 0.05) is 6.20 Å². The number of rotatable bonds is 5. The average molecular weight is 404 g/mol. The van der Waals surface area contributed by atoms with E-state index in [1.54, 1.807) is 49.5 Å². The topological polar surface area (TPSA) is 86.1 Å². The van der Waals surface area contributed by atoms with E-state index >= 15 is 0 Å². The summed E-state index contributed by atoms with van der Waals surface area (Å²) in [4.78, 5) is 33.6. The van der Waals surface area contributed by atoms with E-state index in [1.165, 1.54) is 22.8 Å². The first-order valence-corrected chi connectivity index (χ1v) is 9.15. The Hall–Kier alpha value is -4.07. The van der Waals surface area contributed by atoms with Crippen LogP contribution in [0.25, 0.3) is 16.7 Å². The molecule has 0 aliphatic carbocycles. The molecule has 0 aliphatic rings. The van der Waals surface area contributed by atoms with Gasteiger partial charge in [-0.2, -0.15) is 0 Å². The Morgan fingerprint density at radius 2 is 1.93 bits per heavy atom. The van der Waals surface area contributed by atoms with Gasteiger partial charge in [-0.05, 0) is 49.4 Å². The zero-order valence-electron chi connectivity index (χ0n) is 16.0. The fourth-order valence-corrected chi connectivity index (χ4v) is 3.03. The SMILES string of the molecule is Cc1nc2ncccc2c(=O)n1-c1ccc(F)c(NC(=O)COc2ccccc2)c1. The number of aromatic nitrogens is 3. The summed E-state index contributed by atoms with van der Waals surface area (Å²) in [5, 5.41) is 2.82. The summed E-state index contributed by atoms with van der Waals surface area (Å²) in [6.45, 7) is 1.38. The van der Waals surface area contributed by atoms with E-state index < -0.39 is 11.7 Å². The van der Waals surface area contributed by atoms with Gasteiger partial charge in [-0.15, -0.1) is 0 Å². The Bertz CT molecular complexity index is 1290. The van der Waals surface area contributed by atoms with Gasteiger partial charge in [0.15, 0.2) is 12.3 Å². The van der Waals surface area contributed by atoms with Gasteiger partial charge in [0.1, 0.15) is 17.4 Å². The van der Waals surface area contributed by atoms with Gasteiger partial charge in [0.05, 0.1) is 16.8 Å². The Morgan fingerprint density at radius 3 is 2.73 bits per heavy atom. The molecule has 30 heavy (non-hydrogen) atoms. The first-order valence-electron chi connectivity index (χ1n) is 9.15. The molecule has 0 saturated heterocycles. The summed E-state index contributed by atoms with van der Waals surface area (Å²) >= 11 is 0. The zero-order chi connectivity index (χ0) is 21.1. The second-order valence-corrected chi connectivity index (χ2v) is 6.49. The Labute approximate surface area is 170 Å². The van der Waals surface area contributed by atoms with Crippen molar-refractivity contribution in [1.82, 2.24) is 14.5 Å². The summed E-state index contributed by atoms with van der Waals surface area (Å²) in [6, 6.07) is 16.1. The van der Waals surface area contributed by atoms with Crippen LogP contribution in [-0.4, -0.2) is 27.0 Å². The molecule has 0 radical (unpaired) electrons. The minimum Gasteiger partial charge on any atom is -0.484 e. The zero-order valence-corrected chi connectivity index (χ0v) is 16.0. The average Bonchev–Trinajstić information content (AvgIpc) is 2.75. The molecule has 4 rings (SSSR count). The van der Waals surface area contributed by atoms with Crippen LogP contribution < -0.4 is 15.6 Å². The number of benzene rings is 2. The lowest BCUT2D eigenvalue weighted by Crippen LogP contribution is -2.24. The van der Waals surface area contributed by atoms with Crippen molar-refractivity contribution < 1.29 is 13.9 Å². The third kappa shape index (κ3) is 3.88. The summed E-state index contributed by atoms with van der Waals surface area (Å²) in [5.74, 6) is -0.241. The van der Waals surface area contributed by atoms with E-state index in [2.05, 4.69) is 15.3 Å². The van der Waals surface area contributed by atoms with Crippen LogP contribution in [0.15, 0.2) is 71.7 Å². The van der Waals surface area contributed by atoms with Crippen LogP contribution >= 0.6 is 0 Å². The van der Waals surface area contributed by atoms with Crippen LogP contribution in [0.5, 0.6) is 5.75 Å². The molecule has 0 bridgehead atoms. The van der Waals surface area contributed by atoms with Crippen LogP contribution in [0, 0.1) is 12.7 Å². The second-order valence-electron chi connectivity index (χ2n) is 6.49. The quantitative estimate of drug-likeness (QED) is 0.552. The maximum Gasteiger partial charge on any atom is 0.267 e. The van der Waals surface area contributed by atoms with Gasteiger partial charge in [-0.25, -0.2) is 14.4 Å². The molecule has 0 aliphatic heterocycles. The molecule has 1 amide bonds. The fraction of sp³-hybridized carbons (Fsp3) is 0.0909. The fourth-order valence-electron chi connectivity index (χ4n) is 3.03. The van der Waals surface area contributed by atoms with Crippen molar-refractivity contribution in [1.29, 1.82) is 0 Å². The molecule has 2 heterocycles. The van der Waals surface area contributed by atoms with Gasteiger partial charge < -0.3 is 10.1 Å². The number of hydrogen-bond donors (Lipinski definition) is 1. The number of anilines is 1. The van der Waals surface area contributed by atoms with Crippen LogP contribution in [0.3, 0.4) is 0 Å². The molecule has 0 unspecified atom stereocenters. The molecule has 2 aromatic heterocycles. The van der Waals surface area contributed by atoms with Crippen LogP contribution in [0.4, 0.5) is 10.1 Å². The lowest BCUT2D eigenvalue weighted by molar-refractivity contribution is -0.118. The number of aryl methyl sites for hydroxylation is 1. The number of carbonyl (C=O) groups is 1. The van der Waals surface area contributed by atoms with Crippen molar-refractivity contribution in [3.05, 3.63) is 88.9 Å². The molecule has 1 N–H and O–H groups in total. The lowest BCUT2D eigenvalue weighted by atomic mass is 10.2. The molecule has 0 atom stereocenters. The van der Waals surface area contributed by atoms with E-state index in [0.29, 0.717) is 28.3 Å². The van der Waals surface area contributed by atoms with Gasteiger partial charge in [0.2, 0.25) is 0 Å². The molecular formula is C22H17FN4O3. The van der Waals surface area contributed by atoms with E-state index in [-0.39, 0.29) is 17.9 Å². The lowest BCUT2D eigenvalue weighted by Gasteiger charge is -2.13. The normalized spacial score (nSPS) is 10.7. The van der Waals surface area contributed by atoms with Gasteiger partial charge >= 0.3 is 0 Å². The van der Waals surface area contributed by atoms with Crippen molar-refractivity contribution in [2.24, 2.45) is 0 Å². The van der Waals surface area contributed by atoms with Crippen molar-refractivity contribution >= 4 is 22.6 Å². The van der Waals surface area contributed by atoms with E-state index in [0.717, 1.165) is 0 Å². The monoisotopic (exact) mass is 404 g/mol. The molecule has 0 saturated carbocycles. The first kappa shape index (κ1) is 19.3. The second kappa shape index (κ2) is 8.12. The van der Waals surface area contributed by atoms with Crippen molar-refractivity contribution in [2.75, 3.05) is 11.9 Å². The molecule has 0 spiro atoms. The highest BCUT2D eigenvalue weighted by Crippen LogP contribution is 2.20. The number of nitrogens with one attached hydrogen (secondary N) is 1. The van der Waals surface area contributed by atoms with Crippen molar-refractivity contribution in [2.45, 2.75) is 6.92 Å². The molecule has 150 valence electrons. The van der Waals surface area contributed by atoms with Crippen molar-refractivity contribution in [3.8, 4) is 11.4 Å². The predicted octanol–water partition coefficient (Wildman–Crippen LogP) is 3.25. The van der Waals surface area contributed by atoms with E-state index in [4.69, 9.17) is 4.74 Å². The smallest absolute Gasteiger partial charge is 0.267 e. The molecule has 8 heteroatoms. The molecule has 7 nitrogen and oxygen atoms in total. The standard InChI is InChI=1S/C22H17FN4O3/c1-14-25-21-17(8-5-11-24-21)22(29)27(14)15-9-10-18(23)19(12-15)26-20(28)13-30-16-6-3-2-4-7-16/h2-12H,13H2,1H3,(H,26,28). The maximum atomic E-state index is 14.3. The number of fused-ring (bicyclic) bond motifs is 1. The number of halogens is 1. The maximum absolute atomic E-state index is 14.3. The molecule has 2 aromatic carbocycles. The number of amides is 1. The first-order chi connectivity index (χ1) is 14.5. The molecule has 4 aromatic rings. The van der Waals surface area contributed by atoms with E-state index in [9.17, 15) is 14.0 Å². The predicted molar refractivity (Wildman–Crippen MR) is 110 cm³/mol. The third-order valence-electron chi connectivity index (χ3n) is 4.41. The number of ether oxygens (including phenoxy) is 1. The van der Waals surface area contributed by atoms with Crippen LogP contribution in [-0.2, 0) is 4.79 Å². The van der Waals surface area contributed by atoms with Crippen molar-refractivity contribution in [3.63, 3.8) is 0 Å². The number of hydrogen-bond acceptors (Lipinski definition) is 5. The minimum atomic E-state index is -0.632. The summed E-state index contributed by atoms with van der Waals surface area (Å²) in [6.07, 6.45) is 1.56. The third-order valence-corrected chi connectivity index (χ3v) is 4.41. The number of pyridine rings is 1. The van der Waals surface area contributed by atoms with Gasteiger partial charge in [-0.3, -0.25) is 14.2 Å². The molecular weight excluding hydrogens is 387 g/mol. The summed E-state index contributed by atoms with van der Waals surface area (Å²) in [5.41, 5.74) is 0.315. The Balaban J connectivity index is 1.62. The summed E-state index contributed by atoms with van der Waals surface area (Å²) < 4.78 is 21.0. The molecule has 0 fully saturated rings.